The number of nitrogens with zero attached hydrogens (tertiary/aromatic N) is 1. The van der Waals surface area contributed by atoms with Crippen molar-refractivity contribution < 1.29 is 9.90 Å². The van der Waals surface area contributed by atoms with E-state index in [2.05, 4.69) is 10.2 Å². The summed E-state index contributed by atoms with van der Waals surface area (Å²) < 4.78 is 0. The molecular formula is C8H16N2O2. The molecule has 0 bridgehead atoms. The molecule has 0 aromatic carbocycles. The lowest BCUT2D eigenvalue weighted by Gasteiger charge is -2.13. The molecule has 0 aromatic heterocycles. The van der Waals surface area contributed by atoms with Crippen LogP contribution in [0.4, 0.5) is 0 Å². The summed E-state index contributed by atoms with van der Waals surface area (Å²) in [6.07, 6.45) is 1.40. The van der Waals surface area contributed by atoms with Gasteiger partial charge in [0, 0.05) is 19.1 Å². The molecule has 4 nitrogen and oxygen atoms in total. The average Bonchev–Trinajstić information content (AvgIpc) is 2.48. The van der Waals surface area contributed by atoms with Gasteiger partial charge in [-0.1, -0.05) is 0 Å². The number of hydrogen-bond acceptors (Lipinski definition) is 3. The number of aliphatic carboxylic acids is 1. The van der Waals surface area contributed by atoms with Crippen LogP contribution in [0, 0.1) is 0 Å². The molecule has 0 aliphatic carbocycles. The Kier molecular flexibility index (Phi) is 3.49. The molecule has 2 N–H and O–H groups in total. The molecule has 1 aliphatic rings. The van der Waals surface area contributed by atoms with Crippen molar-refractivity contribution >= 4 is 5.97 Å². The first-order valence-electron chi connectivity index (χ1n) is 4.34. The minimum atomic E-state index is -0.706. The fraction of sp³-hybridized carbons (Fsp3) is 0.875. The zero-order valence-electron chi connectivity index (χ0n) is 7.42. The van der Waals surface area contributed by atoms with Crippen LogP contribution in [0.25, 0.3) is 0 Å². The molecule has 0 aromatic rings. The van der Waals surface area contributed by atoms with Crippen LogP contribution in [-0.2, 0) is 4.79 Å². The van der Waals surface area contributed by atoms with Crippen LogP contribution in [0.5, 0.6) is 0 Å². The highest BCUT2D eigenvalue weighted by Gasteiger charge is 2.20. The molecule has 70 valence electrons. The van der Waals surface area contributed by atoms with Crippen molar-refractivity contribution in [1.82, 2.24) is 10.2 Å². The molecule has 1 saturated heterocycles. The number of nitrogens with one attached hydrogen (secondary N) is 1. The van der Waals surface area contributed by atoms with Gasteiger partial charge >= 0.3 is 5.97 Å². The molecule has 1 aliphatic heterocycles. The minimum absolute atomic E-state index is 0.260. The van der Waals surface area contributed by atoms with Gasteiger partial charge in [0.05, 0.1) is 6.42 Å². The number of rotatable bonds is 4. The zero-order chi connectivity index (χ0) is 8.97. The van der Waals surface area contributed by atoms with Crippen LogP contribution in [0.15, 0.2) is 0 Å². The van der Waals surface area contributed by atoms with Crippen molar-refractivity contribution in [2.45, 2.75) is 18.9 Å². The van der Waals surface area contributed by atoms with E-state index in [1.54, 1.807) is 0 Å². The summed E-state index contributed by atoms with van der Waals surface area (Å²) in [6.45, 7) is 2.70. The maximum Gasteiger partial charge on any atom is 0.304 e. The number of carboxylic acids is 1. The number of likely N-dealkylation sites (tertiary alicyclic amines) is 1. The van der Waals surface area contributed by atoms with E-state index >= 15 is 0 Å². The SMILES string of the molecule is CNC1CCN(CCC(=O)O)C1. The summed E-state index contributed by atoms with van der Waals surface area (Å²) in [6, 6.07) is 0.554. The molecule has 0 radical (unpaired) electrons. The molecule has 0 saturated carbocycles. The highest BCUT2D eigenvalue weighted by atomic mass is 16.4. The third kappa shape index (κ3) is 2.79. The molecule has 0 spiro atoms. The fourth-order valence-corrected chi connectivity index (χ4v) is 1.53. The summed E-state index contributed by atoms with van der Waals surface area (Å²) in [5.41, 5.74) is 0. The zero-order valence-corrected chi connectivity index (χ0v) is 7.42. The van der Waals surface area contributed by atoms with Crippen LogP contribution < -0.4 is 5.32 Å². The highest BCUT2D eigenvalue weighted by Crippen LogP contribution is 2.08. The van der Waals surface area contributed by atoms with Gasteiger partial charge in [0.2, 0.25) is 0 Å². The van der Waals surface area contributed by atoms with Crippen molar-refractivity contribution in [2.24, 2.45) is 0 Å². The Morgan fingerprint density at radius 1 is 1.75 bits per heavy atom. The van der Waals surface area contributed by atoms with Gasteiger partial charge in [0.15, 0.2) is 0 Å². The molecular weight excluding hydrogens is 156 g/mol. The van der Waals surface area contributed by atoms with E-state index in [1.165, 1.54) is 0 Å². The van der Waals surface area contributed by atoms with Gasteiger partial charge in [0.25, 0.3) is 0 Å². The quantitative estimate of drug-likeness (QED) is 0.614. The Hall–Kier alpha value is -0.610. The monoisotopic (exact) mass is 172 g/mol. The Balaban J connectivity index is 2.15. The van der Waals surface area contributed by atoms with Gasteiger partial charge in [-0.3, -0.25) is 4.79 Å². The second-order valence-electron chi connectivity index (χ2n) is 3.22. The Morgan fingerprint density at radius 2 is 2.50 bits per heavy atom. The first-order valence-corrected chi connectivity index (χ1v) is 4.34. The van der Waals surface area contributed by atoms with Crippen molar-refractivity contribution in [3.8, 4) is 0 Å². The molecule has 1 fully saturated rings. The van der Waals surface area contributed by atoms with E-state index in [1.807, 2.05) is 7.05 Å². The van der Waals surface area contributed by atoms with E-state index in [4.69, 9.17) is 5.11 Å². The topological polar surface area (TPSA) is 52.6 Å². The normalized spacial score (nSPS) is 24.6. The van der Waals surface area contributed by atoms with Crippen LogP contribution >= 0.6 is 0 Å². The van der Waals surface area contributed by atoms with Crippen LogP contribution in [0.2, 0.25) is 0 Å². The summed E-state index contributed by atoms with van der Waals surface area (Å²) in [5.74, 6) is -0.706. The first-order chi connectivity index (χ1) is 5.72. The third-order valence-electron chi connectivity index (χ3n) is 2.32. The van der Waals surface area contributed by atoms with Crippen LogP contribution in [-0.4, -0.2) is 48.7 Å². The fourth-order valence-electron chi connectivity index (χ4n) is 1.53. The summed E-state index contributed by atoms with van der Waals surface area (Å²) in [7, 11) is 1.95. The van der Waals surface area contributed by atoms with Crippen molar-refractivity contribution in [3.05, 3.63) is 0 Å². The molecule has 1 rings (SSSR count). The van der Waals surface area contributed by atoms with E-state index in [0.29, 0.717) is 12.6 Å². The van der Waals surface area contributed by atoms with Crippen molar-refractivity contribution in [2.75, 3.05) is 26.7 Å². The second-order valence-corrected chi connectivity index (χ2v) is 3.22. The summed E-state index contributed by atoms with van der Waals surface area (Å²) >= 11 is 0. The molecule has 1 heterocycles. The number of carboxylic acid groups (broad SMARTS) is 1. The average molecular weight is 172 g/mol. The summed E-state index contributed by atoms with van der Waals surface area (Å²) in [4.78, 5) is 12.5. The standard InChI is InChI=1S/C8H16N2O2/c1-9-7-2-4-10(6-7)5-3-8(11)12/h7,9H,2-6H2,1H3,(H,11,12). The van der Waals surface area contributed by atoms with Crippen molar-refractivity contribution in [1.29, 1.82) is 0 Å². The molecule has 4 heteroatoms. The molecule has 1 unspecified atom stereocenters. The minimum Gasteiger partial charge on any atom is -0.481 e. The number of hydrogen-bond donors (Lipinski definition) is 2. The van der Waals surface area contributed by atoms with Gasteiger partial charge in [-0.05, 0) is 20.0 Å². The second kappa shape index (κ2) is 4.42. The van der Waals surface area contributed by atoms with Gasteiger partial charge in [0.1, 0.15) is 0 Å². The maximum absolute atomic E-state index is 10.3. The first kappa shape index (κ1) is 9.48. The smallest absolute Gasteiger partial charge is 0.304 e. The predicted molar refractivity (Wildman–Crippen MR) is 46.2 cm³/mol. The van der Waals surface area contributed by atoms with E-state index in [0.717, 1.165) is 19.5 Å². The molecule has 1 atom stereocenters. The summed E-state index contributed by atoms with van der Waals surface area (Å²) in [5, 5.41) is 11.6. The largest absolute Gasteiger partial charge is 0.481 e. The van der Waals surface area contributed by atoms with Gasteiger partial charge in [-0.15, -0.1) is 0 Å². The van der Waals surface area contributed by atoms with E-state index < -0.39 is 5.97 Å². The van der Waals surface area contributed by atoms with Crippen molar-refractivity contribution in [3.63, 3.8) is 0 Å². The number of likely N-dealkylation sites (N-methyl/N-ethyl adjacent to an activating group) is 1. The predicted octanol–water partition coefficient (Wildman–Crippen LogP) is -0.245. The Bertz CT molecular complexity index is 161. The lowest BCUT2D eigenvalue weighted by Crippen LogP contribution is -2.30. The van der Waals surface area contributed by atoms with E-state index in [-0.39, 0.29) is 6.42 Å². The van der Waals surface area contributed by atoms with Gasteiger partial charge in [-0.25, -0.2) is 0 Å². The third-order valence-corrected chi connectivity index (χ3v) is 2.32. The van der Waals surface area contributed by atoms with Crippen LogP contribution in [0.3, 0.4) is 0 Å². The Morgan fingerprint density at radius 3 is 3.00 bits per heavy atom. The lowest BCUT2D eigenvalue weighted by atomic mass is 10.3. The highest BCUT2D eigenvalue weighted by molar-refractivity contribution is 5.66. The molecule has 12 heavy (non-hydrogen) atoms. The number of carbonyl (C=O) groups is 1. The molecule has 0 amide bonds. The maximum atomic E-state index is 10.3. The van der Waals surface area contributed by atoms with E-state index in [9.17, 15) is 4.79 Å². The van der Waals surface area contributed by atoms with Gasteiger partial charge < -0.3 is 15.3 Å². The van der Waals surface area contributed by atoms with Crippen LogP contribution in [0.1, 0.15) is 12.8 Å². The van der Waals surface area contributed by atoms with Gasteiger partial charge in [-0.2, -0.15) is 0 Å². The Labute approximate surface area is 72.6 Å². The lowest BCUT2D eigenvalue weighted by molar-refractivity contribution is -0.137.